The lowest BCUT2D eigenvalue weighted by Gasteiger charge is -2.16. The Morgan fingerprint density at radius 3 is 2.73 bits per heavy atom. The Bertz CT molecular complexity index is 142. The van der Waals surface area contributed by atoms with E-state index in [1.54, 1.807) is 0 Å². The minimum Gasteiger partial charge on any atom is -0.343 e. The molecule has 0 aliphatic carbocycles. The highest BCUT2D eigenvalue weighted by molar-refractivity contribution is 5.77. The fourth-order valence-corrected chi connectivity index (χ4v) is 1.35. The first kappa shape index (κ1) is 8.57. The van der Waals surface area contributed by atoms with Gasteiger partial charge in [-0.3, -0.25) is 4.79 Å². The number of nitrogens with zero attached hydrogens (tertiary/aromatic N) is 1. The van der Waals surface area contributed by atoms with Crippen molar-refractivity contribution in [3.8, 4) is 0 Å². The lowest BCUT2D eigenvalue weighted by Crippen LogP contribution is -2.26. The zero-order valence-corrected chi connectivity index (χ0v) is 7.47. The van der Waals surface area contributed by atoms with Crippen LogP contribution in [0.4, 0.5) is 0 Å². The van der Waals surface area contributed by atoms with E-state index in [2.05, 4.69) is 13.8 Å². The maximum Gasteiger partial charge on any atom is 0.222 e. The lowest BCUT2D eigenvalue weighted by atomic mass is 10.1. The van der Waals surface area contributed by atoms with Crippen LogP contribution in [-0.4, -0.2) is 23.9 Å². The lowest BCUT2D eigenvalue weighted by molar-refractivity contribution is -0.127. The van der Waals surface area contributed by atoms with Crippen LogP contribution in [0.15, 0.2) is 0 Å². The summed E-state index contributed by atoms with van der Waals surface area (Å²) in [4.78, 5) is 13.1. The molecule has 0 atom stereocenters. The second-order valence-corrected chi connectivity index (χ2v) is 3.67. The summed E-state index contributed by atoms with van der Waals surface area (Å²) in [6.45, 7) is 6.35. The molecule has 0 spiro atoms. The molecule has 2 heteroatoms. The number of carbonyl (C=O) groups excluding carboxylic acids is 1. The molecule has 0 unspecified atom stereocenters. The van der Waals surface area contributed by atoms with Gasteiger partial charge < -0.3 is 4.90 Å². The third-order valence-electron chi connectivity index (χ3n) is 2.15. The molecule has 1 fully saturated rings. The molecule has 0 bridgehead atoms. The summed E-state index contributed by atoms with van der Waals surface area (Å²) in [6.07, 6.45) is 2.99. The van der Waals surface area contributed by atoms with E-state index in [4.69, 9.17) is 0 Å². The highest BCUT2D eigenvalue weighted by atomic mass is 16.2. The van der Waals surface area contributed by atoms with Gasteiger partial charge >= 0.3 is 0 Å². The van der Waals surface area contributed by atoms with Gasteiger partial charge in [0.15, 0.2) is 0 Å². The molecule has 0 radical (unpaired) electrons. The Morgan fingerprint density at radius 2 is 2.27 bits per heavy atom. The van der Waals surface area contributed by atoms with Crippen molar-refractivity contribution >= 4 is 5.91 Å². The molecule has 2 nitrogen and oxygen atoms in total. The van der Waals surface area contributed by atoms with E-state index < -0.39 is 0 Å². The highest BCUT2D eigenvalue weighted by Gasteiger charge is 2.19. The van der Waals surface area contributed by atoms with Gasteiger partial charge in [0.05, 0.1) is 0 Å². The van der Waals surface area contributed by atoms with Gasteiger partial charge in [-0.1, -0.05) is 13.8 Å². The van der Waals surface area contributed by atoms with Crippen molar-refractivity contribution in [2.24, 2.45) is 5.92 Å². The summed E-state index contributed by atoms with van der Waals surface area (Å²) in [6, 6.07) is 0. The smallest absolute Gasteiger partial charge is 0.222 e. The molecule has 1 aliphatic heterocycles. The van der Waals surface area contributed by atoms with Gasteiger partial charge in [0, 0.05) is 19.5 Å². The van der Waals surface area contributed by atoms with Gasteiger partial charge in [-0.05, 0) is 18.8 Å². The summed E-state index contributed by atoms with van der Waals surface area (Å²) in [7, 11) is 0. The van der Waals surface area contributed by atoms with E-state index >= 15 is 0 Å². The number of amides is 1. The number of hydrogen-bond donors (Lipinski definition) is 0. The molecular weight excluding hydrogens is 138 g/mol. The SMILES string of the molecule is CC(C)CCN1CCCC1=O. The van der Waals surface area contributed by atoms with Crippen molar-refractivity contribution in [2.75, 3.05) is 13.1 Å². The standard InChI is InChI=1S/C9H17NO/c1-8(2)5-7-10-6-3-4-9(10)11/h8H,3-7H2,1-2H3. The maximum absolute atomic E-state index is 11.1. The number of carbonyl (C=O) groups is 1. The van der Waals surface area contributed by atoms with Crippen LogP contribution >= 0.6 is 0 Å². The van der Waals surface area contributed by atoms with Crippen molar-refractivity contribution in [1.82, 2.24) is 4.90 Å². The summed E-state index contributed by atoms with van der Waals surface area (Å²) >= 11 is 0. The summed E-state index contributed by atoms with van der Waals surface area (Å²) in [5.74, 6) is 1.06. The molecule has 0 saturated carbocycles. The van der Waals surface area contributed by atoms with E-state index in [-0.39, 0.29) is 0 Å². The monoisotopic (exact) mass is 155 g/mol. The highest BCUT2D eigenvalue weighted by Crippen LogP contribution is 2.11. The normalized spacial score (nSPS) is 18.5. The van der Waals surface area contributed by atoms with E-state index in [0.717, 1.165) is 32.4 Å². The first-order valence-electron chi connectivity index (χ1n) is 4.48. The quantitative estimate of drug-likeness (QED) is 0.607. The van der Waals surface area contributed by atoms with E-state index in [1.807, 2.05) is 4.90 Å². The number of rotatable bonds is 3. The van der Waals surface area contributed by atoms with Crippen LogP contribution in [0.5, 0.6) is 0 Å². The molecule has 1 rings (SSSR count). The molecule has 0 N–H and O–H groups in total. The summed E-state index contributed by atoms with van der Waals surface area (Å²) < 4.78 is 0. The first-order valence-corrected chi connectivity index (χ1v) is 4.48. The molecule has 0 aromatic carbocycles. The van der Waals surface area contributed by atoms with Crippen LogP contribution in [0.2, 0.25) is 0 Å². The summed E-state index contributed by atoms with van der Waals surface area (Å²) in [5.41, 5.74) is 0. The van der Waals surface area contributed by atoms with Crippen LogP contribution in [0.3, 0.4) is 0 Å². The van der Waals surface area contributed by atoms with Gasteiger partial charge in [-0.25, -0.2) is 0 Å². The van der Waals surface area contributed by atoms with Gasteiger partial charge in [0.1, 0.15) is 0 Å². The molecule has 11 heavy (non-hydrogen) atoms. The molecule has 1 heterocycles. The van der Waals surface area contributed by atoms with Crippen molar-refractivity contribution in [3.63, 3.8) is 0 Å². The first-order chi connectivity index (χ1) is 5.20. The van der Waals surface area contributed by atoms with Gasteiger partial charge in [0.25, 0.3) is 0 Å². The van der Waals surface area contributed by atoms with Crippen molar-refractivity contribution in [1.29, 1.82) is 0 Å². The number of likely N-dealkylation sites (tertiary alicyclic amines) is 1. The number of hydrogen-bond acceptors (Lipinski definition) is 1. The Morgan fingerprint density at radius 1 is 1.55 bits per heavy atom. The fraction of sp³-hybridized carbons (Fsp3) is 0.889. The van der Waals surface area contributed by atoms with Gasteiger partial charge in [0.2, 0.25) is 5.91 Å². The molecule has 64 valence electrons. The molecular formula is C9H17NO. The Balaban J connectivity index is 2.20. The van der Waals surface area contributed by atoms with Crippen molar-refractivity contribution in [3.05, 3.63) is 0 Å². The topological polar surface area (TPSA) is 20.3 Å². The second-order valence-electron chi connectivity index (χ2n) is 3.67. The predicted molar refractivity (Wildman–Crippen MR) is 45.3 cm³/mol. The minimum atomic E-state index is 0.352. The van der Waals surface area contributed by atoms with E-state index in [9.17, 15) is 4.79 Å². The van der Waals surface area contributed by atoms with Crippen LogP contribution in [0, 0.1) is 5.92 Å². The second kappa shape index (κ2) is 3.74. The molecule has 1 aliphatic rings. The molecule has 1 amide bonds. The van der Waals surface area contributed by atoms with Crippen molar-refractivity contribution in [2.45, 2.75) is 33.1 Å². The molecule has 1 saturated heterocycles. The van der Waals surface area contributed by atoms with Crippen LogP contribution in [0.25, 0.3) is 0 Å². The Kier molecular flexibility index (Phi) is 2.92. The Labute approximate surface area is 68.6 Å². The molecule has 0 aromatic heterocycles. The van der Waals surface area contributed by atoms with E-state index in [1.165, 1.54) is 0 Å². The largest absolute Gasteiger partial charge is 0.343 e. The summed E-state index contributed by atoms with van der Waals surface area (Å²) in [5, 5.41) is 0. The third-order valence-corrected chi connectivity index (χ3v) is 2.15. The van der Waals surface area contributed by atoms with Crippen LogP contribution < -0.4 is 0 Å². The van der Waals surface area contributed by atoms with Crippen LogP contribution in [0.1, 0.15) is 33.1 Å². The van der Waals surface area contributed by atoms with Gasteiger partial charge in [-0.2, -0.15) is 0 Å². The predicted octanol–water partition coefficient (Wildman–Crippen LogP) is 1.65. The van der Waals surface area contributed by atoms with E-state index in [0.29, 0.717) is 11.8 Å². The average Bonchev–Trinajstić information content (AvgIpc) is 2.31. The third kappa shape index (κ3) is 2.52. The van der Waals surface area contributed by atoms with Crippen LogP contribution in [-0.2, 0) is 4.79 Å². The Hall–Kier alpha value is -0.530. The zero-order chi connectivity index (χ0) is 8.27. The maximum atomic E-state index is 11.1. The van der Waals surface area contributed by atoms with Gasteiger partial charge in [-0.15, -0.1) is 0 Å². The molecule has 0 aromatic rings. The zero-order valence-electron chi connectivity index (χ0n) is 7.47. The minimum absolute atomic E-state index is 0.352. The van der Waals surface area contributed by atoms with Crippen molar-refractivity contribution < 1.29 is 4.79 Å². The fourth-order valence-electron chi connectivity index (χ4n) is 1.35. The average molecular weight is 155 g/mol.